The number of halogens is 1. The van der Waals surface area contributed by atoms with Gasteiger partial charge in [0, 0.05) is 53.2 Å². The molecule has 0 aliphatic carbocycles. The van der Waals surface area contributed by atoms with Crippen molar-refractivity contribution in [1.82, 2.24) is 20.3 Å². The van der Waals surface area contributed by atoms with E-state index in [-0.39, 0.29) is 0 Å². The van der Waals surface area contributed by atoms with Crippen LogP contribution in [0.3, 0.4) is 0 Å². The highest BCUT2D eigenvalue weighted by Gasteiger charge is 2.09. The molecule has 0 aliphatic heterocycles. The van der Waals surface area contributed by atoms with Gasteiger partial charge in [0.25, 0.3) is 0 Å². The van der Waals surface area contributed by atoms with Gasteiger partial charge >= 0.3 is 0 Å². The second kappa shape index (κ2) is 11.3. The molecule has 1 atom stereocenters. The van der Waals surface area contributed by atoms with E-state index in [0.717, 1.165) is 45.3 Å². The van der Waals surface area contributed by atoms with Crippen molar-refractivity contribution in [3.63, 3.8) is 0 Å². The molecule has 4 rings (SSSR count). The minimum absolute atomic E-state index is 0.410. The van der Waals surface area contributed by atoms with Gasteiger partial charge in [0.15, 0.2) is 0 Å². The predicted molar refractivity (Wildman–Crippen MR) is 133 cm³/mol. The van der Waals surface area contributed by atoms with Crippen molar-refractivity contribution in [2.45, 2.75) is 19.4 Å². The number of aliphatic hydroxyl groups is 1. The molecule has 8 heteroatoms. The van der Waals surface area contributed by atoms with Crippen LogP contribution in [0.2, 0.25) is 5.15 Å². The van der Waals surface area contributed by atoms with E-state index < -0.39 is 6.10 Å². The summed E-state index contributed by atoms with van der Waals surface area (Å²) >= 11 is 7.40. The van der Waals surface area contributed by atoms with Gasteiger partial charge in [-0.1, -0.05) is 24.6 Å². The van der Waals surface area contributed by atoms with E-state index in [1.165, 1.54) is 0 Å². The number of pyridine rings is 2. The summed E-state index contributed by atoms with van der Waals surface area (Å²) in [5.74, 6) is 0.792. The molecule has 0 saturated carbocycles. The van der Waals surface area contributed by atoms with Gasteiger partial charge in [-0.2, -0.15) is 0 Å². The first-order valence-electron chi connectivity index (χ1n) is 10.8. The Morgan fingerprint density at radius 1 is 1.09 bits per heavy atom. The molecule has 1 aromatic carbocycles. The summed E-state index contributed by atoms with van der Waals surface area (Å²) < 4.78 is 5.80. The Kier molecular flexibility index (Phi) is 8.01. The lowest BCUT2D eigenvalue weighted by Gasteiger charge is -2.12. The Hall–Kier alpha value is -2.84. The van der Waals surface area contributed by atoms with Gasteiger partial charge in [-0.15, -0.1) is 11.3 Å². The van der Waals surface area contributed by atoms with Gasteiger partial charge in [-0.05, 0) is 48.9 Å². The smallest absolute Gasteiger partial charge is 0.129 e. The molecule has 0 saturated heterocycles. The molecule has 6 nitrogen and oxygen atoms in total. The maximum absolute atomic E-state index is 10.2. The first-order chi connectivity index (χ1) is 16.1. The summed E-state index contributed by atoms with van der Waals surface area (Å²) in [5, 5.41) is 16.8. The maximum Gasteiger partial charge on any atom is 0.129 e. The van der Waals surface area contributed by atoms with Crippen LogP contribution in [0.5, 0.6) is 5.75 Å². The highest BCUT2D eigenvalue weighted by atomic mass is 35.5. The number of thiazole rings is 1. The van der Waals surface area contributed by atoms with E-state index in [4.69, 9.17) is 21.3 Å². The Balaban J connectivity index is 1.25. The average Bonchev–Trinajstić information content (AvgIpc) is 3.35. The monoisotopic (exact) mass is 480 g/mol. The fraction of sp³-hybridized carbons (Fsp3) is 0.240. The standard InChI is InChI=1S/C25H25ClN4O2S/c1-2-20-13-18(9-10-28-20)25-30-22(16-33-25)17-3-6-21(7-4-17)32-12-11-27-15-23(31)19-5-8-24(26)29-14-19/h3-10,13-14,16,23,27,31H,2,11-12,15H2,1H3/t23-/m0/s1. The van der Waals surface area contributed by atoms with Crippen molar-refractivity contribution in [3.05, 3.63) is 82.7 Å². The number of hydrogen-bond acceptors (Lipinski definition) is 7. The summed E-state index contributed by atoms with van der Waals surface area (Å²) in [4.78, 5) is 13.1. The third kappa shape index (κ3) is 6.36. The van der Waals surface area contributed by atoms with E-state index >= 15 is 0 Å². The maximum atomic E-state index is 10.2. The van der Waals surface area contributed by atoms with Crippen molar-refractivity contribution >= 4 is 22.9 Å². The number of hydrogen-bond donors (Lipinski definition) is 2. The number of aromatic nitrogens is 3. The van der Waals surface area contributed by atoms with E-state index in [1.807, 2.05) is 36.5 Å². The van der Waals surface area contributed by atoms with Gasteiger partial charge in [-0.25, -0.2) is 9.97 Å². The fourth-order valence-electron chi connectivity index (χ4n) is 3.25. The third-order valence-corrected chi connectivity index (χ3v) is 6.22. The van der Waals surface area contributed by atoms with E-state index in [9.17, 15) is 5.11 Å². The summed E-state index contributed by atoms with van der Waals surface area (Å²) in [6.45, 7) is 3.62. The number of nitrogens with zero attached hydrogens (tertiary/aromatic N) is 3. The van der Waals surface area contributed by atoms with Crippen LogP contribution in [0.15, 0.2) is 66.3 Å². The number of rotatable bonds is 10. The molecule has 170 valence electrons. The van der Waals surface area contributed by atoms with Crippen molar-refractivity contribution < 1.29 is 9.84 Å². The summed E-state index contributed by atoms with van der Waals surface area (Å²) in [6, 6.07) is 15.5. The summed E-state index contributed by atoms with van der Waals surface area (Å²) in [5.41, 5.74) is 4.89. The molecule has 0 amide bonds. The Labute approximate surface area is 202 Å². The topological polar surface area (TPSA) is 80.2 Å². The number of ether oxygens (including phenoxy) is 1. The highest BCUT2D eigenvalue weighted by Crippen LogP contribution is 2.30. The van der Waals surface area contributed by atoms with Crippen LogP contribution >= 0.6 is 22.9 Å². The third-order valence-electron chi connectivity index (χ3n) is 5.10. The molecule has 0 unspecified atom stereocenters. The lowest BCUT2D eigenvalue weighted by molar-refractivity contribution is 0.171. The average molecular weight is 481 g/mol. The summed E-state index contributed by atoms with van der Waals surface area (Å²) in [6.07, 6.45) is 3.69. The molecule has 0 aliphatic rings. The lowest BCUT2D eigenvalue weighted by Crippen LogP contribution is -2.26. The molecule has 0 bridgehead atoms. The van der Waals surface area contributed by atoms with Crippen molar-refractivity contribution in [3.8, 4) is 27.6 Å². The van der Waals surface area contributed by atoms with Crippen molar-refractivity contribution in [2.75, 3.05) is 19.7 Å². The molecular formula is C25H25ClN4O2S. The predicted octanol–water partition coefficient (Wildman–Crippen LogP) is 5.18. The molecule has 33 heavy (non-hydrogen) atoms. The van der Waals surface area contributed by atoms with Gasteiger partial charge in [0.2, 0.25) is 0 Å². The van der Waals surface area contributed by atoms with Gasteiger partial charge in [0.05, 0.1) is 11.8 Å². The lowest BCUT2D eigenvalue weighted by atomic mass is 10.1. The minimum atomic E-state index is -0.641. The van der Waals surface area contributed by atoms with Gasteiger partial charge in [-0.3, -0.25) is 4.98 Å². The quantitative estimate of drug-likeness (QED) is 0.240. The molecule has 0 fully saturated rings. The molecule has 0 spiro atoms. The largest absolute Gasteiger partial charge is 0.492 e. The van der Waals surface area contributed by atoms with Crippen LogP contribution in [-0.2, 0) is 6.42 Å². The number of nitrogens with one attached hydrogen (secondary N) is 1. The highest BCUT2D eigenvalue weighted by molar-refractivity contribution is 7.13. The van der Waals surface area contributed by atoms with Crippen molar-refractivity contribution in [2.24, 2.45) is 0 Å². The van der Waals surface area contributed by atoms with E-state index in [0.29, 0.717) is 24.8 Å². The van der Waals surface area contributed by atoms with Crippen LogP contribution in [-0.4, -0.2) is 39.8 Å². The number of aliphatic hydroxyl groups excluding tert-OH is 1. The Morgan fingerprint density at radius 3 is 2.70 bits per heavy atom. The Morgan fingerprint density at radius 2 is 1.94 bits per heavy atom. The van der Waals surface area contributed by atoms with E-state index in [1.54, 1.807) is 29.7 Å². The molecule has 3 heterocycles. The van der Waals surface area contributed by atoms with Crippen LogP contribution in [0.4, 0.5) is 0 Å². The molecule has 3 aromatic heterocycles. The molecular weight excluding hydrogens is 456 g/mol. The first kappa shape index (κ1) is 23.3. The van der Waals surface area contributed by atoms with Gasteiger partial charge < -0.3 is 15.2 Å². The minimum Gasteiger partial charge on any atom is -0.492 e. The zero-order valence-corrected chi connectivity index (χ0v) is 19.8. The SMILES string of the molecule is CCc1cc(-c2nc(-c3ccc(OCCNC[C@H](O)c4ccc(Cl)nc4)cc3)cs2)ccn1. The summed E-state index contributed by atoms with van der Waals surface area (Å²) in [7, 11) is 0. The second-order valence-electron chi connectivity index (χ2n) is 7.43. The molecule has 0 radical (unpaired) electrons. The zero-order valence-electron chi connectivity index (χ0n) is 18.2. The van der Waals surface area contributed by atoms with E-state index in [2.05, 4.69) is 33.7 Å². The van der Waals surface area contributed by atoms with Crippen molar-refractivity contribution in [1.29, 1.82) is 0 Å². The van der Waals surface area contributed by atoms with Crippen LogP contribution in [0.1, 0.15) is 24.3 Å². The number of aryl methyl sites for hydroxylation is 1. The molecule has 2 N–H and O–H groups in total. The van der Waals surface area contributed by atoms with Crippen LogP contribution in [0, 0.1) is 0 Å². The number of benzene rings is 1. The van der Waals surface area contributed by atoms with Crippen LogP contribution < -0.4 is 10.1 Å². The zero-order chi connectivity index (χ0) is 23.0. The first-order valence-corrected chi connectivity index (χ1v) is 12.0. The van der Waals surface area contributed by atoms with Crippen LogP contribution in [0.25, 0.3) is 21.8 Å². The molecule has 4 aromatic rings. The Bertz CT molecular complexity index is 1170. The normalized spacial score (nSPS) is 12.0. The second-order valence-corrected chi connectivity index (χ2v) is 8.68. The van der Waals surface area contributed by atoms with Gasteiger partial charge in [0.1, 0.15) is 22.5 Å². The fourth-order valence-corrected chi connectivity index (χ4v) is 4.19.